The van der Waals surface area contributed by atoms with Crippen LogP contribution in [-0.4, -0.2) is 35.7 Å². The van der Waals surface area contributed by atoms with E-state index in [2.05, 4.69) is 0 Å². The maximum atomic E-state index is 12.8. The van der Waals surface area contributed by atoms with Crippen molar-refractivity contribution in [1.29, 1.82) is 0 Å². The Hall–Kier alpha value is -3.47. The summed E-state index contributed by atoms with van der Waals surface area (Å²) >= 11 is 0. The summed E-state index contributed by atoms with van der Waals surface area (Å²) in [5.41, 5.74) is 1.74. The van der Waals surface area contributed by atoms with Gasteiger partial charge in [-0.2, -0.15) is 0 Å². The number of imide groups is 1. The summed E-state index contributed by atoms with van der Waals surface area (Å²) in [6.07, 6.45) is 0.711. The molecule has 0 unspecified atom stereocenters. The van der Waals surface area contributed by atoms with E-state index >= 15 is 0 Å². The molecule has 0 fully saturated rings. The molecule has 0 saturated heterocycles. The first-order chi connectivity index (χ1) is 14.1. The van der Waals surface area contributed by atoms with E-state index in [1.54, 1.807) is 29.2 Å². The predicted octanol–water partition coefficient (Wildman–Crippen LogP) is 4.27. The van der Waals surface area contributed by atoms with Crippen LogP contribution in [0, 0.1) is 0 Å². The van der Waals surface area contributed by atoms with Crippen molar-refractivity contribution in [3.63, 3.8) is 0 Å². The number of anilines is 1. The number of hydrogen-bond donors (Lipinski definition) is 0. The summed E-state index contributed by atoms with van der Waals surface area (Å²) in [6, 6.07) is 20.8. The van der Waals surface area contributed by atoms with Gasteiger partial charge in [0, 0.05) is 25.2 Å². The topological polar surface area (TPSA) is 57.7 Å². The molecule has 0 bridgehead atoms. The molecule has 146 valence electrons. The van der Waals surface area contributed by atoms with E-state index in [9.17, 15) is 14.4 Å². The van der Waals surface area contributed by atoms with Crippen LogP contribution in [0.2, 0.25) is 0 Å². The third-order valence-electron chi connectivity index (χ3n) is 5.31. The molecule has 0 aromatic heterocycles. The molecular weight excluding hydrogens is 364 g/mol. The number of rotatable bonds is 6. The fourth-order valence-electron chi connectivity index (χ4n) is 3.81. The Labute approximate surface area is 169 Å². The molecule has 1 aliphatic rings. The number of fused-ring (bicyclic) bond motifs is 2. The molecule has 29 heavy (non-hydrogen) atoms. The van der Waals surface area contributed by atoms with Crippen molar-refractivity contribution in [3.8, 4) is 0 Å². The number of hydrogen-bond acceptors (Lipinski definition) is 3. The molecule has 5 nitrogen and oxygen atoms in total. The van der Waals surface area contributed by atoms with Crippen LogP contribution in [0.15, 0.2) is 66.7 Å². The molecule has 0 atom stereocenters. The van der Waals surface area contributed by atoms with Gasteiger partial charge in [-0.1, -0.05) is 42.5 Å². The summed E-state index contributed by atoms with van der Waals surface area (Å²) in [5, 5.41) is 2.22. The van der Waals surface area contributed by atoms with Crippen molar-refractivity contribution in [2.24, 2.45) is 0 Å². The minimum Gasteiger partial charge on any atom is -0.313 e. The lowest BCUT2D eigenvalue weighted by molar-refractivity contribution is -0.118. The molecule has 0 aliphatic carbocycles. The van der Waals surface area contributed by atoms with Crippen molar-refractivity contribution < 1.29 is 14.4 Å². The zero-order valence-corrected chi connectivity index (χ0v) is 16.3. The first-order valence-corrected chi connectivity index (χ1v) is 9.84. The molecule has 0 saturated carbocycles. The van der Waals surface area contributed by atoms with Gasteiger partial charge in [0.1, 0.15) is 0 Å². The molecule has 3 aromatic carbocycles. The molecule has 1 heterocycles. The molecule has 0 spiro atoms. The fourth-order valence-corrected chi connectivity index (χ4v) is 3.81. The highest BCUT2D eigenvalue weighted by molar-refractivity contribution is 6.21. The molecule has 0 N–H and O–H groups in total. The Morgan fingerprint density at radius 3 is 2.14 bits per heavy atom. The van der Waals surface area contributed by atoms with Gasteiger partial charge in [0.25, 0.3) is 11.8 Å². The van der Waals surface area contributed by atoms with Gasteiger partial charge in [-0.05, 0) is 48.4 Å². The van der Waals surface area contributed by atoms with E-state index in [1.807, 2.05) is 49.4 Å². The third kappa shape index (κ3) is 3.51. The molecule has 5 heteroatoms. The Morgan fingerprint density at radius 1 is 0.862 bits per heavy atom. The van der Waals surface area contributed by atoms with Crippen LogP contribution < -0.4 is 4.90 Å². The van der Waals surface area contributed by atoms with E-state index < -0.39 is 0 Å². The van der Waals surface area contributed by atoms with Crippen LogP contribution in [0.25, 0.3) is 10.8 Å². The summed E-state index contributed by atoms with van der Waals surface area (Å²) in [6.45, 7) is 2.74. The fraction of sp³-hybridized carbons (Fsp3) is 0.208. The predicted molar refractivity (Wildman–Crippen MR) is 113 cm³/mol. The molecule has 3 amide bonds. The molecule has 3 aromatic rings. The van der Waals surface area contributed by atoms with Crippen molar-refractivity contribution >= 4 is 34.2 Å². The van der Waals surface area contributed by atoms with E-state index in [1.165, 1.54) is 4.90 Å². The second-order valence-corrected chi connectivity index (χ2v) is 7.08. The molecular formula is C24H22N2O3. The highest BCUT2D eigenvalue weighted by Gasteiger charge is 2.34. The zero-order valence-electron chi connectivity index (χ0n) is 16.3. The zero-order chi connectivity index (χ0) is 20.4. The molecule has 4 rings (SSSR count). The number of carbonyl (C=O) groups is 3. The second kappa shape index (κ2) is 7.87. The smallest absolute Gasteiger partial charge is 0.261 e. The number of carbonyl (C=O) groups excluding carboxylic acids is 3. The summed E-state index contributed by atoms with van der Waals surface area (Å²) in [5.74, 6) is -0.570. The number of benzene rings is 3. The largest absolute Gasteiger partial charge is 0.313 e. The number of nitrogens with zero attached hydrogens (tertiary/aromatic N) is 2. The van der Waals surface area contributed by atoms with Gasteiger partial charge in [-0.3, -0.25) is 19.3 Å². The highest BCUT2D eigenvalue weighted by Crippen LogP contribution is 2.24. The van der Waals surface area contributed by atoms with Crippen LogP contribution in [0.3, 0.4) is 0 Å². The van der Waals surface area contributed by atoms with Gasteiger partial charge >= 0.3 is 0 Å². The van der Waals surface area contributed by atoms with Crippen LogP contribution in [-0.2, 0) is 4.79 Å². The third-order valence-corrected chi connectivity index (χ3v) is 5.31. The Balaban J connectivity index is 1.41. The lowest BCUT2D eigenvalue weighted by atomic mass is 10.1. The van der Waals surface area contributed by atoms with Crippen LogP contribution >= 0.6 is 0 Å². The van der Waals surface area contributed by atoms with Crippen LogP contribution in [0.4, 0.5) is 5.69 Å². The van der Waals surface area contributed by atoms with Gasteiger partial charge in [-0.25, -0.2) is 0 Å². The van der Waals surface area contributed by atoms with Crippen molar-refractivity contribution in [3.05, 3.63) is 77.9 Å². The van der Waals surface area contributed by atoms with Gasteiger partial charge in [-0.15, -0.1) is 0 Å². The monoisotopic (exact) mass is 386 g/mol. The second-order valence-electron chi connectivity index (χ2n) is 7.08. The minimum absolute atomic E-state index is 0.0145. The van der Waals surface area contributed by atoms with Crippen LogP contribution in [0.1, 0.15) is 40.5 Å². The average Bonchev–Trinajstić information content (AvgIpc) is 2.99. The maximum absolute atomic E-state index is 12.8. The number of amides is 3. The van der Waals surface area contributed by atoms with Crippen LogP contribution in [0.5, 0.6) is 0 Å². The van der Waals surface area contributed by atoms with Gasteiger partial charge in [0.15, 0.2) is 0 Å². The van der Waals surface area contributed by atoms with E-state index in [0.717, 1.165) is 16.5 Å². The first-order valence-electron chi connectivity index (χ1n) is 9.84. The Kier molecular flexibility index (Phi) is 5.12. The molecule has 0 radical (unpaired) electrons. The van der Waals surface area contributed by atoms with E-state index in [4.69, 9.17) is 0 Å². The SMILES string of the molecule is CCN(C(=O)CCCN1C(=O)c2ccccc2C1=O)c1ccc2ccccc2c1. The minimum atomic E-state index is -0.278. The molecule has 1 aliphatic heterocycles. The van der Waals surface area contributed by atoms with E-state index in [-0.39, 0.29) is 30.7 Å². The van der Waals surface area contributed by atoms with Gasteiger partial charge in [0.05, 0.1) is 11.1 Å². The summed E-state index contributed by atoms with van der Waals surface area (Å²) < 4.78 is 0. The van der Waals surface area contributed by atoms with Crippen molar-refractivity contribution in [2.45, 2.75) is 19.8 Å². The summed E-state index contributed by atoms with van der Waals surface area (Å²) in [4.78, 5) is 40.6. The Bertz CT molecular complexity index is 1070. The van der Waals surface area contributed by atoms with Crippen molar-refractivity contribution in [2.75, 3.05) is 18.0 Å². The van der Waals surface area contributed by atoms with E-state index in [0.29, 0.717) is 24.1 Å². The quantitative estimate of drug-likeness (QED) is 0.595. The van der Waals surface area contributed by atoms with Gasteiger partial charge in [0.2, 0.25) is 5.91 Å². The normalized spacial score (nSPS) is 13.1. The summed E-state index contributed by atoms with van der Waals surface area (Å²) in [7, 11) is 0. The maximum Gasteiger partial charge on any atom is 0.261 e. The lowest BCUT2D eigenvalue weighted by Crippen LogP contribution is -2.33. The lowest BCUT2D eigenvalue weighted by Gasteiger charge is -2.22. The van der Waals surface area contributed by atoms with Crippen molar-refractivity contribution in [1.82, 2.24) is 4.90 Å². The standard InChI is InChI=1S/C24H22N2O3/c1-2-25(19-14-13-17-8-3-4-9-18(17)16-19)22(27)12-7-15-26-23(28)20-10-5-6-11-21(20)24(26)29/h3-6,8-11,13-14,16H,2,7,12,15H2,1H3. The Morgan fingerprint density at radius 2 is 1.48 bits per heavy atom. The first kappa shape index (κ1) is 18.9. The highest BCUT2D eigenvalue weighted by atomic mass is 16.2. The average molecular weight is 386 g/mol. The van der Waals surface area contributed by atoms with Gasteiger partial charge < -0.3 is 4.90 Å².